The van der Waals surface area contributed by atoms with Gasteiger partial charge < -0.3 is 14.6 Å². The second kappa shape index (κ2) is 6.15. The molecule has 6 nitrogen and oxygen atoms in total. The maximum Gasteiger partial charge on any atom is 0.148 e. The molecule has 0 unspecified atom stereocenters. The monoisotopic (exact) mass is 337 g/mol. The Morgan fingerprint density at radius 3 is 3.04 bits per heavy atom. The Morgan fingerprint density at radius 1 is 1.36 bits per heavy atom. The number of anilines is 1. The van der Waals surface area contributed by atoms with Crippen molar-refractivity contribution in [2.24, 2.45) is 0 Å². The summed E-state index contributed by atoms with van der Waals surface area (Å²) in [6.07, 6.45) is 3.31. The van der Waals surface area contributed by atoms with Gasteiger partial charge in [-0.05, 0) is 13.0 Å². The molecule has 4 rings (SSSR count). The Hall–Kier alpha value is -2.98. The highest BCUT2D eigenvalue weighted by atomic mass is 19.1. The van der Waals surface area contributed by atoms with E-state index in [2.05, 4.69) is 19.9 Å². The first-order chi connectivity index (χ1) is 12.2. The number of ether oxygens (including phenoxy) is 1. The van der Waals surface area contributed by atoms with Gasteiger partial charge in [0.05, 0.1) is 23.7 Å². The fraction of sp³-hybridized carbons (Fsp3) is 0.278. The van der Waals surface area contributed by atoms with E-state index in [0.29, 0.717) is 36.5 Å². The molecule has 2 aromatic heterocycles. The van der Waals surface area contributed by atoms with Crippen molar-refractivity contribution >= 4 is 16.9 Å². The molecule has 0 amide bonds. The first kappa shape index (κ1) is 15.5. The van der Waals surface area contributed by atoms with Gasteiger partial charge in [0.25, 0.3) is 0 Å². The lowest BCUT2D eigenvalue weighted by molar-refractivity contribution is 0.0530. The summed E-state index contributed by atoms with van der Waals surface area (Å²) in [6.45, 7) is 4.04. The molecule has 1 fully saturated rings. The molecule has 1 saturated heterocycles. The summed E-state index contributed by atoms with van der Waals surface area (Å²) < 4.78 is 20.3. The minimum atomic E-state index is -0.531. The zero-order valence-corrected chi connectivity index (χ0v) is 13.7. The summed E-state index contributed by atoms with van der Waals surface area (Å²) in [7, 11) is 0. The molecular weight excluding hydrogens is 321 g/mol. The average Bonchev–Trinajstić information content (AvgIpc) is 3.06. The number of rotatable bonds is 2. The third-order valence-corrected chi connectivity index (χ3v) is 4.40. The van der Waals surface area contributed by atoms with Crippen molar-refractivity contribution < 1.29 is 9.13 Å². The SMILES string of the molecule is C[C@H]1CN(c2ncnc3[nH]cc(-c4cccc(C#N)c4F)c23)CCO1. The average molecular weight is 337 g/mol. The number of halogens is 1. The van der Waals surface area contributed by atoms with Crippen LogP contribution in [0.2, 0.25) is 0 Å². The summed E-state index contributed by atoms with van der Waals surface area (Å²) in [5, 5.41) is 9.85. The predicted octanol–water partition coefficient (Wildman–Crippen LogP) is 2.86. The topological polar surface area (TPSA) is 77.8 Å². The molecule has 1 atom stereocenters. The molecule has 0 bridgehead atoms. The van der Waals surface area contributed by atoms with Crippen molar-refractivity contribution in [1.82, 2.24) is 15.0 Å². The van der Waals surface area contributed by atoms with Crippen LogP contribution in [0.4, 0.5) is 10.2 Å². The Balaban J connectivity index is 1.91. The molecule has 0 saturated carbocycles. The van der Waals surface area contributed by atoms with Crippen LogP contribution in [-0.4, -0.2) is 40.8 Å². The molecular formula is C18H16FN5O. The number of H-pyrrole nitrogens is 1. The van der Waals surface area contributed by atoms with Gasteiger partial charge in [0.2, 0.25) is 0 Å². The van der Waals surface area contributed by atoms with E-state index >= 15 is 0 Å². The predicted molar refractivity (Wildman–Crippen MR) is 91.6 cm³/mol. The highest BCUT2D eigenvalue weighted by molar-refractivity contribution is 6.01. The molecule has 1 aromatic carbocycles. The first-order valence-electron chi connectivity index (χ1n) is 8.06. The number of nitrogens with zero attached hydrogens (tertiary/aromatic N) is 4. The van der Waals surface area contributed by atoms with Gasteiger partial charge in [-0.3, -0.25) is 0 Å². The molecule has 3 aromatic rings. The van der Waals surface area contributed by atoms with Crippen molar-refractivity contribution in [2.75, 3.05) is 24.6 Å². The second-order valence-electron chi connectivity index (χ2n) is 6.03. The van der Waals surface area contributed by atoms with E-state index in [4.69, 9.17) is 10.00 Å². The van der Waals surface area contributed by atoms with Crippen LogP contribution in [0.1, 0.15) is 12.5 Å². The number of morpholine rings is 1. The van der Waals surface area contributed by atoms with E-state index < -0.39 is 5.82 Å². The van der Waals surface area contributed by atoms with Crippen LogP contribution in [0.3, 0.4) is 0 Å². The van der Waals surface area contributed by atoms with E-state index in [1.54, 1.807) is 18.3 Å². The molecule has 7 heteroatoms. The summed E-state index contributed by atoms with van der Waals surface area (Å²) in [5.41, 5.74) is 1.67. The van der Waals surface area contributed by atoms with Crippen molar-refractivity contribution in [3.63, 3.8) is 0 Å². The maximum atomic E-state index is 14.7. The molecule has 0 spiro atoms. The van der Waals surface area contributed by atoms with Gasteiger partial charge in [-0.2, -0.15) is 5.26 Å². The van der Waals surface area contributed by atoms with Gasteiger partial charge in [0.15, 0.2) is 0 Å². The van der Waals surface area contributed by atoms with E-state index in [1.165, 1.54) is 12.4 Å². The first-order valence-corrected chi connectivity index (χ1v) is 8.06. The van der Waals surface area contributed by atoms with E-state index in [1.807, 2.05) is 13.0 Å². The van der Waals surface area contributed by atoms with Gasteiger partial charge in [-0.25, -0.2) is 14.4 Å². The lowest BCUT2D eigenvalue weighted by atomic mass is 10.0. The molecule has 25 heavy (non-hydrogen) atoms. The normalized spacial score (nSPS) is 17.6. The number of hydrogen-bond donors (Lipinski definition) is 1. The number of aromatic nitrogens is 3. The maximum absolute atomic E-state index is 14.7. The quantitative estimate of drug-likeness (QED) is 0.778. The fourth-order valence-corrected chi connectivity index (χ4v) is 3.24. The van der Waals surface area contributed by atoms with Crippen LogP contribution in [0.5, 0.6) is 0 Å². The molecule has 3 heterocycles. The molecule has 0 aliphatic carbocycles. The van der Waals surface area contributed by atoms with Crippen molar-refractivity contribution in [2.45, 2.75) is 13.0 Å². The number of hydrogen-bond acceptors (Lipinski definition) is 5. The molecule has 1 N–H and O–H groups in total. The zero-order valence-electron chi connectivity index (χ0n) is 13.7. The van der Waals surface area contributed by atoms with Gasteiger partial charge in [0.1, 0.15) is 29.7 Å². The fourth-order valence-electron chi connectivity index (χ4n) is 3.24. The Kier molecular flexibility index (Phi) is 3.82. The Bertz CT molecular complexity index is 977. The van der Waals surface area contributed by atoms with Gasteiger partial charge >= 0.3 is 0 Å². The van der Waals surface area contributed by atoms with Gasteiger partial charge in [-0.15, -0.1) is 0 Å². The molecule has 1 aliphatic heterocycles. The Labute approximate surface area is 143 Å². The van der Waals surface area contributed by atoms with Crippen molar-refractivity contribution in [3.8, 4) is 17.2 Å². The number of fused-ring (bicyclic) bond motifs is 1. The van der Waals surface area contributed by atoms with Crippen LogP contribution in [0.25, 0.3) is 22.2 Å². The number of nitrogens with one attached hydrogen (secondary N) is 1. The van der Waals surface area contributed by atoms with E-state index in [-0.39, 0.29) is 11.7 Å². The highest BCUT2D eigenvalue weighted by Gasteiger charge is 2.23. The lowest BCUT2D eigenvalue weighted by Gasteiger charge is -2.32. The van der Waals surface area contributed by atoms with Gasteiger partial charge in [0, 0.05) is 30.4 Å². The molecule has 126 valence electrons. The molecule has 1 aliphatic rings. The standard InChI is InChI=1S/C18H16FN5O/c1-11-9-24(5-6-25-11)18-15-14(8-21-17(15)22-10-23-18)13-4-2-3-12(7-20)16(13)19/h2-4,8,10-11H,5-6,9H2,1H3,(H,21,22,23)/t11-/m0/s1. The second-order valence-corrected chi connectivity index (χ2v) is 6.03. The van der Waals surface area contributed by atoms with E-state index in [0.717, 1.165) is 11.2 Å². The third-order valence-electron chi connectivity index (χ3n) is 4.40. The van der Waals surface area contributed by atoms with Crippen LogP contribution in [0.15, 0.2) is 30.7 Å². The van der Waals surface area contributed by atoms with E-state index in [9.17, 15) is 4.39 Å². The van der Waals surface area contributed by atoms with Crippen LogP contribution in [-0.2, 0) is 4.74 Å². The zero-order chi connectivity index (χ0) is 17.4. The largest absolute Gasteiger partial charge is 0.375 e. The smallest absolute Gasteiger partial charge is 0.148 e. The third kappa shape index (κ3) is 2.61. The summed E-state index contributed by atoms with van der Waals surface area (Å²) >= 11 is 0. The number of benzene rings is 1. The van der Waals surface area contributed by atoms with Crippen LogP contribution in [0, 0.1) is 17.1 Å². The number of nitriles is 1. The van der Waals surface area contributed by atoms with Gasteiger partial charge in [-0.1, -0.05) is 12.1 Å². The van der Waals surface area contributed by atoms with Crippen LogP contribution < -0.4 is 4.90 Å². The highest BCUT2D eigenvalue weighted by Crippen LogP contribution is 2.35. The van der Waals surface area contributed by atoms with Crippen molar-refractivity contribution in [1.29, 1.82) is 5.26 Å². The molecule has 0 radical (unpaired) electrons. The van der Waals surface area contributed by atoms with Crippen molar-refractivity contribution in [3.05, 3.63) is 42.1 Å². The number of aromatic amines is 1. The summed E-state index contributed by atoms with van der Waals surface area (Å²) in [4.78, 5) is 13.9. The Morgan fingerprint density at radius 2 is 2.24 bits per heavy atom. The minimum Gasteiger partial charge on any atom is -0.375 e. The van der Waals surface area contributed by atoms with Crippen LogP contribution >= 0.6 is 0 Å². The summed E-state index contributed by atoms with van der Waals surface area (Å²) in [6, 6.07) is 6.69. The summed E-state index contributed by atoms with van der Waals surface area (Å²) in [5.74, 6) is 0.217. The lowest BCUT2D eigenvalue weighted by Crippen LogP contribution is -2.41. The minimum absolute atomic E-state index is 0.0187.